The van der Waals surface area contributed by atoms with Crippen molar-refractivity contribution >= 4 is 61.3 Å². The number of amides is 1. The first-order valence-electron chi connectivity index (χ1n) is 8.83. The van der Waals surface area contributed by atoms with Crippen molar-refractivity contribution in [3.05, 3.63) is 52.5 Å². The number of aromatic nitrogens is 2. The topological polar surface area (TPSA) is 101 Å². The minimum atomic E-state index is -3.80. The van der Waals surface area contributed by atoms with Gasteiger partial charge in [-0.2, -0.15) is 0 Å². The fourth-order valence-electron chi connectivity index (χ4n) is 2.79. The lowest BCUT2D eigenvalue weighted by molar-refractivity contribution is -0.116. The number of anilines is 2. The normalized spacial score (nSPS) is 12.3. The van der Waals surface area contributed by atoms with Gasteiger partial charge in [0.15, 0.2) is 0 Å². The second kappa shape index (κ2) is 9.39. The number of halogens is 2. The van der Waals surface area contributed by atoms with Crippen LogP contribution < -0.4 is 14.4 Å². The Morgan fingerprint density at radius 2 is 1.84 bits per heavy atom. The van der Waals surface area contributed by atoms with Gasteiger partial charge in [0.25, 0.3) is 0 Å². The van der Waals surface area contributed by atoms with Crippen LogP contribution in [0, 0.1) is 0 Å². The quantitative estimate of drug-likeness (QED) is 0.518. The highest BCUT2D eigenvalue weighted by atomic mass is 35.5. The van der Waals surface area contributed by atoms with Gasteiger partial charge in [-0.1, -0.05) is 46.7 Å². The number of rotatable bonds is 7. The Hall–Kier alpha value is -2.40. The van der Waals surface area contributed by atoms with Crippen LogP contribution in [0.15, 0.2) is 42.5 Å². The summed E-state index contributed by atoms with van der Waals surface area (Å²) in [7, 11) is -2.35. The Kier molecular flexibility index (Phi) is 7.05. The molecule has 0 aliphatic rings. The molecule has 3 rings (SSSR count). The molecule has 0 spiro atoms. The van der Waals surface area contributed by atoms with E-state index in [9.17, 15) is 13.2 Å². The van der Waals surface area contributed by atoms with Crippen LogP contribution >= 0.6 is 34.5 Å². The number of sulfonamides is 1. The molecule has 12 heteroatoms. The van der Waals surface area contributed by atoms with E-state index in [2.05, 4.69) is 15.5 Å². The molecule has 0 saturated carbocycles. The fraction of sp³-hybridized carbons (Fsp3) is 0.211. The summed E-state index contributed by atoms with van der Waals surface area (Å²) in [6.45, 7) is 1.47. The number of nitrogens with zero attached hydrogens (tertiary/aromatic N) is 3. The van der Waals surface area contributed by atoms with Crippen molar-refractivity contribution in [1.29, 1.82) is 0 Å². The number of hydrogen-bond donors (Lipinski definition) is 1. The summed E-state index contributed by atoms with van der Waals surface area (Å²) in [4.78, 5) is 12.8. The maximum absolute atomic E-state index is 12.8. The monoisotopic (exact) mass is 500 g/mol. The van der Waals surface area contributed by atoms with Gasteiger partial charge in [-0.3, -0.25) is 14.4 Å². The molecule has 164 valence electrons. The molecule has 0 saturated heterocycles. The second-order valence-corrected chi connectivity index (χ2v) is 10.1. The van der Waals surface area contributed by atoms with Gasteiger partial charge in [0.2, 0.25) is 21.1 Å². The molecule has 3 aromatic rings. The summed E-state index contributed by atoms with van der Waals surface area (Å²) in [5.74, 6) is -0.185. The molecule has 1 heterocycles. The summed E-state index contributed by atoms with van der Waals surface area (Å²) >= 11 is 13.2. The number of methoxy groups -OCH3 is 1. The zero-order valence-electron chi connectivity index (χ0n) is 16.7. The van der Waals surface area contributed by atoms with Crippen molar-refractivity contribution in [2.45, 2.75) is 13.0 Å². The molecule has 8 nitrogen and oxygen atoms in total. The van der Waals surface area contributed by atoms with Gasteiger partial charge < -0.3 is 4.74 Å². The van der Waals surface area contributed by atoms with E-state index in [1.807, 2.05) is 0 Å². The number of carbonyl (C=O) groups excluding carboxylic acids is 1. The molecular weight excluding hydrogens is 483 g/mol. The Morgan fingerprint density at radius 1 is 1.16 bits per heavy atom. The molecule has 0 fully saturated rings. The van der Waals surface area contributed by atoms with Crippen molar-refractivity contribution in [2.24, 2.45) is 0 Å². The Balaban J connectivity index is 1.82. The number of carbonyl (C=O) groups is 1. The lowest BCUT2D eigenvalue weighted by atomic mass is 10.2. The van der Waals surface area contributed by atoms with E-state index in [1.165, 1.54) is 32.2 Å². The standard InChI is InChI=1S/C19H18Cl2N4O4S2/c1-11(25(31(3,27)28)14-8-9-16(29-2)15(21)10-14)17(26)22-19-24-23-18(30-19)12-4-6-13(20)7-5-12/h4-11H,1-3H3,(H,22,24,26)/t11-/m1/s1. The maximum Gasteiger partial charge on any atom is 0.249 e. The summed E-state index contributed by atoms with van der Waals surface area (Å²) in [6, 6.07) is 10.4. The molecule has 31 heavy (non-hydrogen) atoms. The zero-order chi connectivity index (χ0) is 22.8. The van der Waals surface area contributed by atoms with Crippen LogP contribution in [-0.4, -0.2) is 43.9 Å². The fourth-order valence-corrected chi connectivity index (χ4v) is 5.09. The average Bonchev–Trinajstić information content (AvgIpc) is 3.16. The van der Waals surface area contributed by atoms with Gasteiger partial charge in [-0.15, -0.1) is 10.2 Å². The number of benzene rings is 2. The van der Waals surface area contributed by atoms with Gasteiger partial charge in [0.05, 0.1) is 24.1 Å². The van der Waals surface area contributed by atoms with E-state index in [0.717, 1.165) is 27.5 Å². The van der Waals surface area contributed by atoms with E-state index in [1.54, 1.807) is 24.3 Å². The largest absolute Gasteiger partial charge is 0.495 e. The van der Waals surface area contributed by atoms with Gasteiger partial charge in [0, 0.05) is 10.6 Å². The lowest BCUT2D eigenvalue weighted by Crippen LogP contribution is -2.45. The smallest absolute Gasteiger partial charge is 0.249 e. The summed E-state index contributed by atoms with van der Waals surface area (Å²) < 4.78 is 31.0. The molecule has 1 amide bonds. The Morgan fingerprint density at radius 3 is 2.42 bits per heavy atom. The molecule has 0 radical (unpaired) electrons. The predicted octanol–water partition coefficient (Wildman–Crippen LogP) is 4.31. The van der Waals surface area contributed by atoms with Crippen molar-refractivity contribution < 1.29 is 17.9 Å². The average molecular weight is 501 g/mol. The lowest BCUT2D eigenvalue weighted by Gasteiger charge is -2.28. The van der Waals surface area contributed by atoms with Gasteiger partial charge in [0.1, 0.15) is 16.8 Å². The van der Waals surface area contributed by atoms with E-state index < -0.39 is 22.0 Å². The minimum absolute atomic E-state index is 0.220. The van der Waals surface area contributed by atoms with Crippen LogP contribution in [0.2, 0.25) is 10.0 Å². The molecule has 0 aliphatic heterocycles. The third-order valence-electron chi connectivity index (χ3n) is 4.22. The van der Waals surface area contributed by atoms with Crippen LogP contribution in [0.3, 0.4) is 0 Å². The highest BCUT2D eigenvalue weighted by Crippen LogP contribution is 2.32. The highest BCUT2D eigenvalue weighted by molar-refractivity contribution is 7.92. The molecule has 1 aromatic heterocycles. The SMILES string of the molecule is COc1ccc(N([C@H](C)C(=O)Nc2nnc(-c3ccc(Cl)cc3)s2)S(C)(=O)=O)cc1Cl. The summed E-state index contributed by atoms with van der Waals surface area (Å²) in [6.07, 6.45) is 1.01. The van der Waals surface area contributed by atoms with Gasteiger partial charge >= 0.3 is 0 Å². The molecule has 1 N–H and O–H groups in total. The first kappa shape index (κ1) is 23.3. The predicted molar refractivity (Wildman–Crippen MR) is 124 cm³/mol. The van der Waals surface area contributed by atoms with E-state index in [-0.39, 0.29) is 15.8 Å². The van der Waals surface area contributed by atoms with Crippen LogP contribution in [0.1, 0.15) is 6.92 Å². The highest BCUT2D eigenvalue weighted by Gasteiger charge is 2.30. The summed E-state index contributed by atoms with van der Waals surface area (Å²) in [5, 5.41) is 12.3. The summed E-state index contributed by atoms with van der Waals surface area (Å²) in [5.41, 5.74) is 1.02. The molecular formula is C19H18Cl2N4O4S2. The van der Waals surface area contributed by atoms with Crippen LogP contribution in [0.4, 0.5) is 10.8 Å². The third kappa shape index (κ3) is 5.45. The van der Waals surface area contributed by atoms with E-state index >= 15 is 0 Å². The van der Waals surface area contributed by atoms with Crippen LogP contribution in [0.25, 0.3) is 10.6 Å². The number of ether oxygens (including phenoxy) is 1. The van der Waals surface area contributed by atoms with Gasteiger partial charge in [-0.05, 0) is 37.3 Å². The first-order valence-corrected chi connectivity index (χ1v) is 12.3. The Bertz CT molecular complexity index is 1200. The van der Waals surface area contributed by atoms with Crippen molar-refractivity contribution in [3.63, 3.8) is 0 Å². The first-order chi connectivity index (χ1) is 14.6. The maximum atomic E-state index is 12.8. The minimum Gasteiger partial charge on any atom is -0.495 e. The zero-order valence-corrected chi connectivity index (χ0v) is 19.8. The van der Waals surface area contributed by atoms with Crippen molar-refractivity contribution in [3.8, 4) is 16.3 Å². The van der Waals surface area contributed by atoms with Crippen molar-refractivity contribution in [1.82, 2.24) is 10.2 Å². The second-order valence-electron chi connectivity index (χ2n) is 6.46. The molecule has 0 bridgehead atoms. The van der Waals surface area contributed by atoms with E-state index in [0.29, 0.717) is 15.8 Å². The molecule has 0 aliphatic carbocycles. The third-order valence-corrected chi connectivity index (χ3v) is 6.90. The number of nitrogens with one attached hydrogen (secondary N) is 1. The molecule has 1 atom stereocenters. The number of hydrogen-bond acceptors (Lipinski definition) is 7. The van der Waals surface area contributed by atoms with Crippen molar-refractivity contribution in [2.75, 3.05) is 23.0 Å². The van der Waals surface area contributed by atoms with Crippen LogP contribution in [-0.2, 0) is 14.8 Å². The van der Waals surface area contributed by atoms with Gasteiger partial charge in [-0.25, -0.2) is 8.42 Å². The van der Waals surface area contributed by atoms with E-state index in [4.69, 9.17) is 27.9 Å². The molecule has 0 unspecified atom stereocenters. The van der Waals surface area contributed by atoms with Crippen LogP contribution in [0.5, 0.6) is 5.75 Å². The Labute approximate surface area is 193 Å². The molecule has 2 aromatic carbocycles.